The second-order valence-electron chi connectivity index (χ2n) is 5.58. The number of hydrogen-bond donors (Lipinski definition) is 1. The zero-order valence-electron chi connectivity index (χ0n) is 12.9. The molecular formula is C16H16F3N3O2. The van der Waals surface area contributed by atoms with E-state index in [0.717, 1.165) is 10.7 Å². The summed E-state index contributed by atoms with van der Waals surface area (Å²) < 4.78 is 45.4. The fourth-order valence-corrected chi connectivity index (χ4v) is 2.73. The molecule has 0 radical (unpaired) electrons. The molecule has 1 aliphatic heterocycles. The number of aryl methyl sites for hydroxylation is 1. The Hall–Kier alpha value is -2.51. The van der Waals surface area contributed by atoms with Crippen molar-refractivity contribution in [2.75, 3.05) is 6.61 Å². The lowest BCUT2D eigenvalue weighted by Crippen LogP contribution is -2.28. The van der Waals surface area contributed by atoms with E-state index < -0.39 is 24.2 Å². The summed E-state index contributed by atoms with van der Waals surface area (Å²) in [5.74, 6) is -0.598. The van der Waals surface area contributed by atoms with Crippen molar-refractivity contribution < 1.29 is 22.7 Å². The van der Waals surface area contributed by atoms with Crippen LogP contribution in [0.3, 0.4) is 0 Å². The number of ether oxygens (including phenoxy) is 1. The smallest absolute Gasteiger partial charge is 0.280 e. The van der Waals surface area contributed by atoms with E-state index in [1.165, 1.54) is 19.2 Å². The molecule has 0 saturated heterocycles. The highest BCUT2D eigenvalue weighted by Crippen LogP contribution is 2.32. The highest BCUT2D eigenvalue weighted by Gasteiger charge is 2.25. The van der Waals surface area contributed by atoms with Gasteiger partial charge >= 0.3 is 0 Å². The lowest BCUT2D eigenvalue weighted by Gasteiger charge is -2.17. The second kappa shape index (κ2) is 6.54. The van der Waals surface area contributed by atoms with Crippen molar-refractivity contribution in [3.05, 3.63) is 47.0 Å². The summed E-state index contributed by atoms with van der Waals surface area (Å²) >= 11 is 0. The zero-order chi connectivity index (χ0) is 17.3. The molecule has 0 bridgehead atoms. The molecule has 2 aromatic rings. The van der Waals surface area contributed by atoms with Crippen LogP contribution >= 0.6 is 0 Å². The number of carbonyl (C=O) groups is 1. The number of rotatable bonds is 3. The number of nitrogens with zero attached hydrogens (tertiary/aromatic N) is 2. The first-order valence-electron chi connectivity index (χ1n) is 7.51. The summed E-state index contributed by atoms with van der Waals surface area (Å²) in [5, 5.41) is 6.59. The molecule has 128 valence electrons. The van der Waals surface area contributed by atoms with Gasteiger partial charge < -0.3 is 10.1 Å². The molecule has 1 atom stereocenters. The van der Waals surface area contributed by atoms with Crippen LogP contribution in [-0.4, -0.2) is 22.3 Å². The van der Waals surface area contributed by atoms with Gasteiger partial charge in [0.05, 0.1) is 12.6 Å². The molecule has 1 amide bonds. The molecule has 5 nitrogen and oxygen atoms in total. The molecular weight excluding hydrogens is 323 g/mol. The molecule has 0 fully saturated rings. The molecule has 24 heavy (non-hydrogen) atoms. The van der Waals surface area contributed by atoms with Crippen LogP contribution in [0.15, 0.2) is 24.3 Å². The average molecular weight is 339 g/mol. The van der Waals surface area contributed by atoms with Crippen LogP contribution in [-0.2, 0) is 7.05 Å². The van der Waals surface area contributed by atoms with E-state index in [1.807, 2.05) is 0 Å². The Bertz CT molecular complexity index is 761. The van der Waals surface area contributed by atoms with Crippen LogP contribution in [0.4, 0.5) is 13.2 Å². The molecule has 1 unspecified atom stereocenters. The first kappa shape index (κ1) is 16.4. The van der Waals surface area contributed by atoms with E-state index >= 15 is 0 Å². The number of nitrogens with one attached hydrogen (secondary N) is 1. The van der Waals surface area contributed by atoms with E-state index in [0.29, 0.717) is 30.8 Å². The minimum Gasteiger partial charge on any atom is -0.493 e. The maximum atomic E-state index is 13.4. The minimum atomic E-state index is -2.71. The van der Waals surface area contributed by atoms with Gasteiger partial charge in [0.15, 0.2) is 5.69 Å². The van der Waals surface area contributed by atoms with Gasteiger partial charge in [-0.05, 0) is 25.0 Å². The van der Waals surface area contributed by atoms with Crippen LogP contribution in [0.2, 0.25) is 0 Å². The van der Waals surface area contributed by atoms with Crippen molar-refractivity contribution in [3.63, 3.8) is 0 Å². The molecule has 8 heteroatoms. The molecule has 1 N–H and O–H groups in total. The van der Waals surface area contributed by atoms with E-state index in [-0.39, 0.29) is 11.4 Å². The Morgan fingerprint density at radius 1 is 1.42 bits per heavy atom. The molecule has 0 aliphatic carbocycles. The van der Waals surface area contributed by atoms with Gasteiger partial charge in [-0.25, -0.2) is 13.2 Å². The van der Waals surface area contributed by atoms with Crippen LogP contribution in [0.5, 0.6) is 5.75 Å². The van der Waals surface area contributed by atoms with Crippen molar-refractivity contribution in [1.29, 1.82) is 0 Å². The third-order valence-electron chi connectivity index (χ3n) is 3.92. The fraction of sp³-hybridized carbons (Fsp3) is 0.375. The van der Waals surface area contributed by atoms with Crippen LogP contribution < -0.4 is 10.1 Å². The zero-order valence-corrected chi connectivity index (χ0v) is 12.9. The highest BCUT2D eigenvalue weighted by molar-refractivity contribution is 5.92. The van der Waals surface area contributed by atoms with Gasteiger partial charge in [-0.15, -0.1) is 0 Å². The summed E-state index contributed by atoms with van der Waals surface area (Å²) in [4.78, 5) is 12.3. The molecule has 0 spiro atoms. The van der Waals surface area contributed by atoms with Gasteiger partial charge in [0.25, 0.3) is 12.3 Å². The number of amides is 1. The van der Waals surface area contributed by atoms with Crippen molar-refractivity contribution >= 4 is 5.91 Å². The molecule has 1 aromatic heterocycles. The summed E-state index contributed by atoms with van der Waals surface area (Å²) in [7, 11) is 1.36. The molecule has 2 heterocycles. The fourth-order valence-electron chi connectivity index (χ4n) is 2.73. The molecule has 3 rings (SSSR count). The first-order valence-corrected chi connectivity index (χ1v) is 7.51. The van der Waals surface area contributed by atoms with Crippen LogP contribution in [0, 0.1) is 5.82 Å². The van der Waals surface area contributed by atoms with E-state index in [4.69, 9.17) is 4.74 Å². The first-order chi connectivity index (χ1) is 11.5. The quantitative estimate of drug-likeness (QED) is 0.935. The number of fused-ring (bicyclic) bond motifs is 1. The normalized spacial score (nSPS) is 17.1. The third-order valence-corrected chi connectivity index (χ3v) is 3.92. The van der Waals surface area contributed by atoms with E-state index in [9.17, 15) is 18.0 Å². The Labute approximate surface area is 136 Å². The topological polar surface area (TPSA) is 56.2 Å². The second-order valence-corrected chi connectivity index (χ2v) is 5.58. The molecule has 0 saturated carbocycles. The lowest BCUT2D eigenvalue weighted by molar-refractivity contribution is 0.0929. The Morgan fingerprint density at radius 2 is 2.21 bits per heavy atom. The number of hydrogen-bond acceptors (Lipinski definition) is 3. The van der Waals surface area contributed by atoms with Gasteiger partial charge in [0, 0.05) is 18.7 Å². The van der Waals surface area contributed by atoms with Crippen LogP contribution in [0.1, 0.15) is 47.1 Å². The van der Waals surface area contributed by atoms with Gasteiger partial charge in [0.2, 0.25) is 0 Å². The largest absolute Gasteiger partial charge is 0.493 e. The summed E-state index contributed by atoms with van der Waals surface area (Å²) in [6, 6.07) is 4.80. The third kappa shape index (κ3) is 3.22. The number of halogens is 3. The van der Waals surface area contributed by atoms with Crippen molar-refractivity contribution in [3.8, 4) is 5.75 Å². The van der Waals surface area contributed by atoms with Gasteiger partial charge in [-0.2, -0.15) is 5.10 Å². The van der Waals surface area contributed by atoms with Gasteiger partial charge in [-0.3, -0.25) is 9.48 Å². The SMILES string of the molecule is Cn1nc(C(=O)NC2CCCOc3cc(F)ccc32)cc1C(F)F. The van der Waals surface area contributed by atoms with E-state index in [1.54, 1.807) is 6.07 Å². The van der Waals surface area contributed by atoms with Crippen molar-refractivity contribution in [1.82, 2.24) is 15.1 Å². The number of alkyl halides is 2. The minimum absolute atomic E-state index is 0.0818. The maximum Gasteiger partial charge on any atom is 0.280 e. The molecule has 1 aliphatic rings. The average Bonchev–Trinajstić information content (AvgIpc) is 2.82. The Balaban J connectivity index is 1.83. The monoisotopic (exact) mass is 339 g/mol. The number of benzene rings is 1. The Morgan fingerprint density at radius 3 is 2.92 bits per heavy atom. The molecule has 1 aromatic carbocycles. The summed E-state index contributed by atoms with van der Waals surface area (Å²) in [6.07, 6.45) is -1.44. The van der Waals surface area contributed by atoms with Crippen molar-refractivity contribution in [2.24, 2.45) is 7.05 Å². The van der Waals surface area contributed by atoms with Crippen molar-refractivity contribution in [2.45, 2.75) is 25.3 Å². The predicted molar refractivity (Wildman–Crippen MR) is 79.5 cm³/mol. The summed E-state index contributed by atoms with van der Waals surface area (Å²) in [5.41, 5.74) is 0.251. The Kier molecular flexibility index (Phi) is 4.46. The summed E-state index contributed by atoms with van der Waals surface area (Å²) in [6.45, 7) is 0.419. The van der Waals surface area contributed by atoms with E-state index in [2.05, 4.69) is 10.4 Å². The standard InChI is InChI=1S/C16H16F3N3O2/c1-22-13(15(18)19)8-12(21-22)16(23)20-11-3-2-6-24-14-7-9(17)4-5-10(11)14/h4-5,7-8,11,15H,2-3,6H2,1H3,(H,20,23). The van der Waals surface area contributed by atoms with Gasteiger partial charge in [0.1, 0.15) is 17.3 Å². The highest BCUT2D eigenvalue weighted by atomic mass is 19.3. The van der Waals surface area contributed by atoms with Crippen LogP contribution in [0.25, 0.3) is 0 Å². The van der Waals surface area contributed by atoms with Gasteiger partial charge in [-0.1, -0.05) is 6.07 Å². The lowest BCUT2D eigenvalue weighted by atomic mass is 10.0. The maximum absolute atomic E-state index is 13.4. The number of aromatic nitrogens is 2. The predicted octanol–water partition coefficient (Wildman–Crippen LogP) is 3.14. The number of carbonyl (C=O) groups excluding carboxylic acids is 1.